The maximum Gasteiger partial charge on any atom is 1.00 e. The molecular weight excluding hydrogens is 103 g/mol. The molecule has 6 heavy (non-hydrogen) atoms. The van der Waals surface area contributed by atoms with E-state index in [4.69, 9.17) is 0 Å². The van der Waals surface area contributed by atoms with Crippen LogP contribution in [0, 0.1) is 19.9 Å². The first-order valence-corrected chi connectivity index (χ1v) is 0.577. The van der Waals surface area contributed by atoms with Gasteiger partial charge in [-0.3, -0.25) is 0 Å². The summed E-state index contributed by atoms with van der Waals surface area (Å²) in [7, 11) is 0. The van der Waals surface area contributed by atoms with Crippen LogP contribution >= 0.6 is 0 Å². The molecule has 0 aliphatic heterocycles. The Morgan fingerprint density at radius 1 is 1.50 bits per heavy atom. The second-order valence-electron chi connectivity index (χ2n) is 0.167. The van der Waals surface area contributed by atoms with Crippen molar-refractivity contribution in [2.24, 2.45) is 5.73 Å². The molecule has 0 aromatic carbocycles. The van der Waals surface area contributed by atoms with Gasteiger partial charge in [-0.1, -0.05) is 6.42 Å². The molecule has 0 aromatic rings. The molecule has 0 aliphatic rings. The molecule has 0 aromatic heterocycles. The fourth-order valence-electron chi connectivity index (χ4n) is 0. The fraction of sp³-hybridized carbons (Fsp3) is 0. The molecule has 3 heteroatoms. The minimum atomic E-state index is 0. The molecule has 0 spiro atoms. The van der Waals surface area contributed by atoms with E-state index in [-0.39, 0.29) is 65.0 Å². The largest absolute Gasteiger partial charge is 1.00 e. The van der Waals surface area contributed by atoms with Crippen LogP contribution in [0.15, 0.2) is 0 Å². The number of hydrogen-bond donors (Lipinski definition) is 2. The van der Waals surface area contributed by atoms with Crippen LogP contribution in [0.5, 0.6) is 0 Å². The summed E-state index contributed by atoms with van der Waals surface area (Å²) < 4.78 is 0. The quantitative estimate of drug-likeness (QED) is 0.153. The summed E-state index contributed by atoms with van der Waals surface area (Å²) in [6.07, 6.45) is 4.38. The molecule has 0 rings (SSSR count). The maximum absolute atomic E-state index is 4.38. The average Bonchev–Trinajstić information content (AvgIpc) is 0.918. The van der Waals surface area contributed by atoms with Crippen molar-refractivity contribution in [2.45, 2.75) is 0 Å². The SMILES string of the molecule is C#CN.N.[CH3-].[K+]. The number of nitrogens with two attached hydrogens (primary N) is 1. The molecule has 32 valence electrons. The molecule has 0 bridgehead atoms. The fourth-order valence-corrected chi connectivity index (χ4v) is 0. The number of terminal acetylenes is 1. The molecule has 0 aliphatic carbocycles. The summed E-state index contributed by atoms with van der Waals surface area (Å²) in [6, 6.07) is 1.75. The molecule has 0 heterocycles. The van der Waals surface area contributed by atoms with Crippen molar-refractivity contribution in [3.05, 3.63) is 7.43 Å². The maximum atomic E-state index is 4.38. The van der Waals surface area contributed by atoms with Gasteiger partial charge in [-0.15, -0.1) is 0 Å². The summed E-state index contributed by atoms with van der Waals surface area (Å²) in [6.45, 7) is 0. The normalized spacial score (nSPS) is 1.17. The minimum Gasteiger partial charge on any atom is -0.360 e. The van der Waals surface area contributed by atoms with E-state index in [0.29, 0.717) is 0 Å². The van der Waals surface area contributed by atoms with Crippen molar-refractivity contribution in [3.8, 4) is 12.5 Å². The monoisotopic (exact) mass is 112 g/mol. The Kier molecular flexibility index (Phi) is 180. The van der Waals surface area contributed by atoms with E-state index in [9.17, 15) is 0 Å². The average molecular weight is 112 g/mol. The van der Waals surface area contributed by atoms with Crippen LogP contribution in [-0.2, 0) is 0 Å². The van der Waals surface area contributed by atoms with Crippen LogP contribution in [-0.4, -0.2) is 0 Å². The Hall–Kier alpha value is 0.956. The Morgan fingerprint density at radius 2 is 1.50 bits per heavy atom. The van der Waals surface area contributed by atoms with Crippen LogP contribution in [0.2, 0.25) is 0 Å². The van der Waals surface area contributed by atoms with E-state index < -0.39 is 0 Å². The Bertz CT molecular complexity index is 30.3. The van der Waals surface area contributed by atoms with E-state index in [1.54, 1.807) is 6.04 Å². The Balaban J connectivity index is -0.00000000667. The summed E-state index contributed by atoms with van der Waals surface area (Å²) in [5, 5.41) is 0. The molecule has 0 saturated carbocycles. The first kappa shape index (κ1) is 28.2. The first-order valence-electron chi connectivity index (χ1n) is 0.577. The number of rotatable bonds is 0. The van der Waals surface area contributed by atoms with Crippen molar-refractivity contribution < 1.29 is 51.4 Å². The Morgan fingerprint density at radius 3 is 1.50 bits per heavy atom. The van der Waals surface area contributed by atoms with Gasteiger partial charge < -0.3 is 19.3 Å². The molecule has 0 atom stereocenters. The molecule has 0 amide bonds. The zero-order valence-corrected chi connectivity index (χ0v) is 7.48. The molecule has 0 radical (unpaired) electrons. The van der Waals surface area contributed by atoms with Gasteiger partial charge in [0.1, 0.15) is 0 Å². The van der Waals surface area contributed by atoms with Gasteiger partial charge in [0.25, 0.3) is 0 Å². The van der Waals surface area contributed by atoms with Gasteiger partial charge in [-0.25, -0.2) is 0 Å². The van der Waals surface area contributed by atoms with Gasteiger partial charge in [0.15, 0.2) is 0 Å². The van der Waals surface area contributed by atoms with Crippen LogP contribution in [0.3, 0.4) is 0 Å². The van der Waals surface area contributed by atoms with Crippen molar-refractivity contribution >= 4 is 0 Å². The smallest absolute Gasteiger partial charge is 0.360 e. The van der Waals surface area contributed by atoms with Gasteiger partial charge in [-0.05, 0) is 6.04 Å². The molecule has 0 fully saturated rings. The second-order valence-corrected chi connectivity index (χ2v) is 0.167. The zero-order valence-electron chi connectivity index (χ0n) is 4.36. The standard InChI is InChI=1S/C2H3N.CH3.K.H3N/c1-2-3;;;/h1H,3H2;1H3;;1H3/q;-1;+1;. The van der Waals surface area contributed by atoms with Gasteiger partial charge in [0.05, 0.1) is 0 Å². The van der Waals surface area contributed by atoms with Crippen molar-refractivity contribution in [1.29, 1.82) is 0 Å². The molecule has 5 N–H and O–H groups in total. The molecule has 0 saturated heterocycles. The predicted molar refractivity (Wildman–Crippen MR) is 24.5 cm³/mol. The third-order valence-corrected chi connectivity index (χ3v) is 0. The summed E-state index contributed by atoms with van der Waals surface area (Å²) in [4.78, 5) is 0. The van der Waals surface area contributed by atoms with E-state index in [2.05, 4.69) is 12.2 Å². The molecule has 2 nitrogen and oxygen atoms in total. The van der Waals surface area contributed by atoms with E-state index in [1.807, 2.05) is 0 Å². The van der Waals surface area contributed by atoms with Crippen LogP contribution in [0.25, 0.3) is 0 Å². The van der Waals surface area contributed by atoms with E-state index >= 15 is 0 Å². The van der Waals surface area contributed by atoms with Gasteiger partial charge in [-0.2, -0.15) is 0 Å². The van der Waals surface area contributed by atoms with Gasteiger partial charge in [0, 0.05) is 0 Å². The summed E-state index contributed by atoms with van der Waals surface area (Å²) in [5.74, 6) is 0. The predicted octanol–water partition coefficient (Wildman–Crippen LogP) is -2.85. The van der Waals surface area contributed by atoms with E-state index in [0.717, 1.165) is 0 Å². The first-order chi connectivity index (χ1) is 1.41. The summed E-state index contributed by atoms with van der Waals surface area (Å²) >= 11 is 0. The third kappa shape index (κ3) is 84.8. The molecule has 0 unspecified atom stereocenters. The summed E-state index contributed by atoms with van der Waals surface area (Å²) in [5.41, 5.74) is 4.38. The van der Waals surface area contributed by atoms with Crippen molar-refractivity contribution in [1.82, 2.24) is 6.15 Å². The minimum absolute atomic E-state index is 0. The van der Waals surface area contributed by atoms with Gasteiger partial charge >= 0.3 is 51.4 Å². The van der Waals surface area contributed by atoms with Crippen LogP contribution in [0.1, 0.15) is 0 Å². The Labute approximate surface area is 81.9 Å². The topological polar surface area (TPSA) is 61.0 Å². The molecular formula is C3H9KN2. The third-order valence-electron chi connectivity index (χ3n) is 0. The second kappa shape index (κ2) is 38.2. The van der Waals surface area contributed by atoms with Gasteiger partial charge in [0.2, 0.25) is 0 Å². The van der Waals surface area contributed by atoms with Crippen LogP contribution < -0.4 is 63.3 Å². The van der Waals surface area contributed by atoms with Crippen LogP contribution in [0.4, 0.5) is 0 Å². The van der Waals surface area contributed by atoms with E-state index in [1.165, 1.54) is 0 Å². The number of hydrogen-bond acceptors (Lipinski definition) is 2. The van der Waals surface area contributed by atoms with Crippen molar-refractivity contribution in [2.75, 3.05) is 0 Å². The zero-order chi connectivity index (χ0) is 2.71. The van der Waals surface area contributed by atoms with Crippen molar-refractivity contribution in [3.63, 3.8) is 0 Å².